The Morgan fingerprint density at radius 1 is 0.939 bits per heavy atom. The first-order chi connectivity index (χ1) is 15.8. The van der Waals surface area contributed by atoms with Crippen LogP contribution in [0.1, 0.15) is 52.7 Å². The molecule has 0 atom stereocenters. The van der Waals surface area contributed by atoms with E-state index >= 15 is 0 Å². The van der Waals surface area contributed by atoms with E-state index in [2.05, 4.69) is 59.8 Å². The Labute approximate surface area is 199 Å². The van der Waals surface area contributed by atoms with Crippen molar-refractivity contribution in [2.45, 2.75) is 61.9 Å². The highest BCUT2D eigenvalue weighted by atomic mass is 32.2. The highest BCUT2D eigenvalue weighted by molar-refractivity contribution is 7.85. The number of benzene rings is 2. The van der Waals surface area contributed by atoms with Gasteiger partial charge in [0.25, 0.3) is 10.1 Å². The first kappa shape index (κ1) is 28.5. The van der Waals surface area contributed by atoms with Gasteiger partial charge in [-0.25, -0.2) is 0 Å². The van der Waals surface area contributed by atoms with Crippen molar-refractivity contribution in [2.24, 2.45) is 0 Å². The van der Waals surface area contributed by atoms with Gasteiger partial charge in [0.1, 0.15) is 0 Å². The highest BCUT2D eigenvalue weighted by Gasteiger charge is 2.18. The molecule has 4 aromatic rings. The van der Waals surface area contributed by atoms with Crippen LogP contribution in [-0.2, 0) is 20.8 Å². The summed E-state index contributed by atoms with van der Waals surface area (Å²) in [4.78, 5) is 3.34. The molecule has 6 heteroatoms. The number of hydrogen-bond donors (Lipinski definition) is 1. The SMILES string of the molecule is CC.CC.CC.Cc1ccc2c(C)c(-c3cccc4cc[nH]c34)n(CCOS(C)(=O)=O)c2c1. The van der Waals surface area contributed by atoms with Crippen LogP contribution in [0.25, 0.3) is 33.1 Å². The molecule has 0 radical (unpaired) electrons. The Hall–Kier alpha value is -2.57. The predicted octanol–water partition coefficient (Wildman–Crippen LogP) is 7.46. The van der Waals surface area contributed by atoms with Crippen LogP contribution in [0.2, 0.25) is 0 Å². The number of nitrogens with zero attached hydrogens (tertiary/aromatic N) is 1. The van der Waals surface area contributed by atoms with E-state index in [1.165, 1.54) is 10.9 Å². The van der Waals surface area contributed by atoms with Crippen LogP contribution in [0, 0.1) is 13.8 Å². The molecule has 0 aliphatic rings. The summed E-state index contributed by atoms with van der Waals surface area (Å²) in [5.74, 6) is 0. The van der Waals surface area contributed by atoms with Gasteiger partial charge < -0.3 is 9.55 Å². The van der Waals surface area contributed by atoms with Crippen LogP contribution in [0.3, 0.4) is 0 Å². The second kappa shape index (κ2) is 13.2. The van der Waals surface area contributed by atoms with E-state index in [-0.39, 0.29) is 6.61 Å². The number of fused-ring (bicyclic) bond motifs is 2. The number of hydrogen-bond acceptors (Lipinski definition) is 3. The van der Waals surface area contributed by atoms with Gasteiger partial charge in [-0.3, -0.25) is 4.18 Å². The van der Waals surface area contributed by atoms with Gasteiger partial charge in [0.15, 0.2) is 0 Å². The maximum Gasteiger partial charge on any atom is 0.264 e. The Kier molecular flexibility index (Phi) is 11.4. The fraction of sp³-hybridized carbons (Fsp3) is 0.407. The summed E-state index contributed by atoms with van der Waals surface area (Å²) in [7, 11) is -3.47. The summed E-state index contributed by atoms with van der Waals surface area (Å²) in [5, 5.41) is 2.31. The van der Waals surface area contributed by atoms with Gasteiger partial charge in [-0.1, -0.05) is 71.9 Å². The molecule has 5 nitrogen and oxygen atoms in total. The summed E-state index contributed by atoms with van der Waals surface area (Å²) in [6.07, 6.45) is 3.02. The van der Waals surface area contributed by atoms with Gasteiger partial charge in [0.2, 0.25) is 0 Å². The zero-order valence-corrected chi connectivity index (χ0v) is 22.4. The number of aromatic amines is 1. The Bertz CT molecular complexity index is 1250. The molecule has 182 valence electrons. The van der Waals surface area contributed by atoms with Crippen LogP contribution in [0.5, 0.6) is 0 Å². The van der Waals surface area contributed by atoms with E-state index < -0.39 is 10.1 Å². The molecule has 0 fully saturated rings. The number of aromatic nitrogens is 2. The molecule has 2 heterocycles. The van der Waals surface area contributed by atoms with Crippen molar-refractivity contribution in [1.29, 1.82) is 0 Å². The second-order valence-electron chi connectivity index (χ2n) is 6.92. The van der Waals surface area contributed by atoms with Gasteiger partial charge >= 0.3 is 0 Å². The molecule has 0 aliphatic carbocycles. The summed E-state index contributed by atoms with van der Waals surface area (Å²) < 4.78 is 30.0. The molecule has 4 rings (SSSR count). The van der Waals surface area contributed by atoms with Gasteiger partial charge in [0, 0.05) is 34.6 Å². The standard InChI is InChI=1S/C21H22N2O3S.3C2H6/c1-14-7-8-17-15(2)21(18-6-4-5-16-9-10-22-20(16)18)23(19(17)13-14)11-12-26-27(3,24)25;3*1-2/h4-10,13,22H,11-12H2,1-3H3;3*1-2H3. The summed E-state index contributed by atoms with van der Waals surface area (Å²) in [6.45, 7) is 16.7. The number of rotatable bonds is 5. The number of H-pyrrole nitrogens is 1. The quantitative estimate of drug-likeness (QED) is 0.307. The maximum absolute atomic E-state index is 11.4. The van der Waals surface area contributed by atoms with Gasteiger partial charge in [-0.05, 0) is 37.1 Å². The molecule has 0 bridgehead atoms. The Balaban J connectivity index is 0.000000841. The summed E-state index contributed by atoms with van der Waals surface area (Å²) in [6, 6.07) is 14.7. The molecule has 0 saturated heterocycles. The van der Waals surface area contributed by atoms with Crippen molar-refractivity contribution < 1.29 is 12.6 Å². The third kappa shape index (κ3) is 6.71. The van der Waals surface area contributed by atoms with Gasteiger partial charge in [-0.15, -0.1) is 0 Å². The highest BCUT2D eigenvalue weighted by Crippen LogP contribution is 2.36. The minimum absolute atomic E-state index is 0.101. The van der Waals surface area contributed by atoms with Crippen molar-refractivity contribution in [3.05, 3.63) is 59.8 Å². The lowest BCUT2D eigenvalue weighted by molar-refractivity contribution is 0.306. The third-order valence-corrected chi connectivity index (χ3v) is 5.52. The molecule has 1 N–H and O–H groups in total. The molecular formula is C27H40N2O3S. The largest absolute Gasteiger partial charge is 0.361 e. The van der Waals surface area contributed by atoms with Crippen LogP contribution in [0.4, 0.5) is 0 Å². The lowest BCUT2D eigenvalue weighted by Crippen LogP contribution is -2.11. The molecule has 0 amide bonds. The zero-order valence-electron chi connectivity index (χ0n) is 21.6. The van der Waals surface area contributed by atoms with Crippen molar-refractivity contribution >= 4 is 31.9 Å². The number of nitrogens with one attached hydrogen (secondary N) is 1. The molecule has 0 saturated carbocycles. The molecule has 0 aliphatic heterocycles. The van der Waals surface area contributed by atoms with E-state index in [9.17, 15) is 8.42 Å². The molecule has 2 aromatic heterocycles. The topological polar surface area (TPSA) is 64.1 Å². The van der Waals surface area contributed by atoms with Crippen molar-refractivity contribution in [3.63, 3.8) is 0 Å². The summed E-state index contributed by atoms with van der Waals surface area (Å²) in [5.41, 5.74) is 6.68. The average molecular weight is 473 g/mol. The number of para-hydroxylation sites is 1. The third-order valence-electron chi connectivity index (χ3n) is 4.93. The van der Waals surface area contributed by atoms with Crippen LogP contribution < -0.4 is 0 Å². The van der Waals surface area contributed by atoms with Gasteiger partial charge in [0.05, 0.1) is 24.1 Å². The fourth-order valence-corrected chi connectivity index (χ4v) is 4.15. The molecule has 2 aromatic carbocycles. The van der Waals surface area contributed by atoms with E-state index in [1.807, 2.05) is 53.8 Å². The first-order valence-corrected chi connectivity index (χ1v) is 13.7. The van der Waals surface area contributed by atoms with Crippen LogP contribution in [-0.4, -0.2) is 30.8 Å². The van der Waals surface area contributed by atoms with E-state index in [4.69, 9.17) is 4.18 Å². The van der Waals surface area contributed by atoms with Gasteiger partial charge in [-0.2, -0.15) is 8.42 Å². The molecule has 0 unspecified atom stereocenters. The Morgan fingerprint density at radius 3 is 2.24 bits per heavy atom. The van der Waals surface area contributed by atoms with Crippen molar-refractivity contribution in [2.75, 3.05) is 12.9 Å². The lowest BCUT2D eigenvalue weighted by atomic mass is 10.0. The van der Waals surface area contributed by atoms with Crippen molar-refractivity contribution in [3.8, 4) is 11.3 Å². The predicted molar refractivity (Wildman–Crippen MR) is 144 cm³/mol. The monoisotopic (exact) mass is 472 g/mol. The van der Waals surface area contributed by atoms with E-state index in [0.29, 0.717) is 6.54 Å². The minimum Gasteiger partial charge on any atom is -0.361 e. The minimum atomic E-state index is -3.47. The Morgan fingerprint density at radius 2 is 1.61 bits per heavy atom. The second-order valence-corrected chi connectivity index (χ2v) is 8.56. The molecule has 33 heavy (non-hydrogen) atoms. The first-order valence-electron chi connectivity index (χ1n) is 11.9. The molecular weight excluding hydrogens is 432 g/mol. The van der Waals surface area contributed by atoms with Crippen molar-refractivity contribution in [1.82, 2.24) is 9.55 Å². The maximum atomic E-state index is 11.4. The average Bonchev–Trinajstić information content (AvgIpc) is 3.40. The normalized spacial score (nSPS) is 10.6. The molecule has 0 spiro atoms. The lowest BCUT2D eigenvalue weighted by Gasteiger charge is -2.13. The fourth-order valence-electron chi connectivity index (χ4n) is 3.77. The van der Waals surface area contributed by atoms with E-state index in [0.717, 1.165) is 39.5 Å². The number of aryl methyl sites for hydroxylation is 2. The van der Waals surface area contributed by atoms with Crippen LogP contribution >= 0.6 is 0 Å². The smallest absolute Gasteiger partial charge is 0.264 e. The summed E-state index contributed by atoms with van der Waals surface area (Å²) >= 11 is 0. The van der Waals surface area contributed by atoms with Crippen LogP contribution in [0.15, 0.2) is 48.7 Å². The zero-order chi connectivity index (χ0) is 25.2. The van der Waals surface area contributed by atoms with E-state index in [1.54, 1.807) is 0 Å².